The number of carbonyl (C=O) groups is 3. The van der Waals surface area contributed by atoms with Crippen molar-refractivity contribution in [3.8, 4) is 0 Å². The van der Waals surface area contributed by atoms with Crippen LogP contribution in [0.5, 0.6) is 0 Å². The van der Waals surface area contributed by atoms with E-state index < -0.39 is 17.8 Å². The first-order valence-electron chi connectivity index (χ1n) is 7.63. The Labute approximate surface area is 144 Å². The zero-order valence-electron chi connectivity index (χ0n) is 13.5. The van der Waals surface area contributed by atoms with E-state index in [9.17, 15) is 14.4 Å². The van der Waals surface area contributed by atoms with Gasteiger partial charge in [-0.1, -0.05) is 18.2 Å². The molecule has 0 saturated carbocycles. The number of imide groups is 2. The molecule has 0 bridgehead atoms. The van der Waals surface area contributed by atoms with Crippen LogP contribution in [-0.2, 0) is 14.3 Å². The summed E-state index contributed by atoms with van der Waals surface area (Å²) in [5.41, 5.74) is 0.243. The number of methoxy groups -OCH3 is 1. The first kappa shape index (κ1) is 16.7. The van der Waals surface area contributed by atoms with Gasteiger partial charge in [0.1, 0.15) is 11.3 Å². The molecule has 2 aromatic rings. The molecule has 0 radical (unpaired) electrons. The van der Waals surface area contributed by atoms with E-state index in [4.69, 9.17) is 9.15 Å². The number of nitrogens with zero attached hydrogens (tertiary/aromatic N) is 2. The lowest BCUT2D eigenvalue weighted by Crippen LogP contribution is -2.57. The molecule has 1 saturated heterocycles. The van der Waals surface area contributed by atoms with Crippen molar-refractivity contribution in [2.24, 2.45) is 0 Å². The van der Waals surface area contributed by atoms with Crippen LogP contribution in [0.2, 0.25) is 0 Å². The minimum atomic E-state index is -0.699. The maximum absolute atomic E-state index is 12.8. The Hall–Kier alpha value is -3.19. The molecule has 4 amide bonds. The Bertz CT molecular complexity index is 811. The molecule has 128 valence electrons. The number of urea groups is 1. The fraction of sp³-hybridized carbons (Fsp3) is 0.167. The van der Waals surface area contributed by atoms with Crippen molar-refractivity contribution in [2.45, 2.75) is 0 Å². The topological polar surface area (TPSA) is 80.1 Å². The van der Waals surface area contributed by atoms with E-state index >= 15 is 0 Å². The van der Waals surface area contributed by atoms with Crippen molar-refractivity contribution < 1.29 is 23.5 Å². The summed E-state index contributed by atoms with van der Waals surface area (Å²) in [5.74, 6) is -1.01. The molecule has 25 heavy (non-hydrogen) atoms. The van der Waals surface area contributed by atoms with Gasteiger partial charge in [0.2, 0.25) is 0 Å². The number of hydrogen-bond donors (Lipinski definition) is 0. The van der Waals surface area contributed by atoms with E-state index in [1.54, 1.807) is 42.5 Å². The van der Waals surface area contributed by atoms with Gasteiger partial charge in [-0.3, -0.25) is 14.5 Å². The lowest BCUT2D eigenvalue weighted by atomic mass is 10.1. The standard InChI is InChI=1S/C18H16N2O5/c1-24-11-9-19-16(21)15(12-14-8-5-10-25-14)17(22)20(18(19)23)13-6-3-2-4-7-13/h2-8,10,12H,9,11H2,1H3/b15-12-. The number of anilines is 1. The van der Waals surface area contributed by atoms with Gasteiger partial charge in [-0.2, -0.15) is 0 Å². The molecule has 0 N–H and O–H groups in total. The summed E-state index contributed by atoms with van der Waals surface area (Å²) in [6.45, 7) is 0.211. The number of hydrogen-bond acceptors (Lipinski definition) is 5. The molecule has 7 heteroatoms. The van der Waals surface area contributed by atoms with Gasteiger partial charge in [-0.05, 0) is 30.3 Å². The van der Waals surface area contributed by atoms with Crippen molar-refractivity contribution in [3.63, 3.8) is 0 Å². The third kappa shape index (κ3) is 3.22. The lowest BCUT2D eigenvalue weighted by molar-refractivity contribution is -0.129. The average molecular weight is 340 g/mol. The van der Waals surface area contributed by atoms with Crippen LogP contribution in [-0.4, -0.2) is 43.0 Å². The first-order valence-corrected chi connectivity index (χ1v) is 7.63. The van der Waals surface area contributed by atoms with Crippen molar-refractivity contribution in [1.29, 1.82) is 0 Å². The van der Waals surface area contributed by atoms with Crippen molar-refractivity contribution in [2.75, 3.05) is 25.2 Å². The van der Waals surface area contributed by atoms with Gasteiger partial charge in [0.25, 0.3) is 11.8 Å². The summed E-state index contributed by atoms with van der Waals surface area (Å²) < 4.78 is 10.2. The molecule has 1 aliphatic rings. The Morgan fingerprint density at radius 3 is 2.44 bits per heavy atom. The maximum atomic E-state index is 12.8. The van der Waals surface area contributed by atoms with Crippen molar-refractivity contribution in [3.05, 3.63) is 60.1 Å². The number of carbonyl (C=O) groups excluding carboxylic acids is 3. The third-order valence-corrected chi connectivity index (χ3v) is 3.69. The molecule has 7 nitrogen and oxygen atoms in total. The summed E-state index contributed by atoms with van der Waals surface area (Å²) in [6.07, 6.45) is 2.78. The quantitative estimate of drug-likeness (QED) is 0.616. The molecule has 1 aliphatic heterocycles. The monoisotopic (exact) mass is 340 g/mol. The number of ether oxygens (including phenoxy) is 1. The Kier molecular flexibility index (Phi) is 4.76. The van der Waals surface area contributed by atoms with Gasteiger partial charge in [0.15, 0.2) is 0 Å². The zero-order chi connectivity index (χ0) is 17.8. The van der Waals surface area contributed by atoms with E-state index in [2.05, 4.69) is 0 Å². The highest BCUT2D eigenvalue weighted by atomic mass is 16.5. The smallest absolute Gasteiger partial charge is 0.338 e. The molecule has 1 aromatic heterocycles. The van der Waals surface area contributed by atoms with E-state index in [1.165, 1.54) is 19.4 Å². The first-order chi connectivity index (χ1) is 12.1. The number of benzene rings is 1. The van der Waals surface area contributed by atoms with Crippen LogP contribution in [0, 0.1) is 0 Å². The fourth-order valence-electron chi connectivity index (χ4n) is 2.48. The van der Waals surface area contributed by atoms with Gasteiger partial charge in [-0.15, -0.1) is 0 Å². The van der Waals surface area contributed by atoms with Crippen LogP contribution in [0.4, 0.5) is 10.5 Å². The number of amides is 4. The van der Waals surface area contributed by atoms with Gasteiger partial charge < -0.3 is 9.15 Å². The largest absolute Gasteiger partial charge is 0.465 e. The van der Waals surface area contributed by atoms with Gasteiger partial charge in [0, 0.05) is 7.11 Å². The second-order valence-electron chi connectivity index (χ2n) is 5.28. The highest BCUT2D eigenvalue weighted by molar-refractivity contribution is 6.39. The van der Waals surface area contributed by atoms with E-state index in [1.807, 2.05) is 0 Å². The second kappa shape index (κ2) is 7.14. The zero-order valence-corrected chi connectivity index (χ0v) is 13.5. The lowest BCUT2D eigenvalue weighted by Gasteiger charge is -2.33. The van der Waals surface area contributed by atoms with Gasteiger partial charge in [-0.25, -0.2) is 9.69 Å². The normalized spacial score (nSPS) is 16.8. The predicted molar refractivity (Wildman–Crippen MR) is 89.6 cm³/mol. The Morgan fingerprint density at radius 1 is 1.04 bits per heavy atom. The summed E-state index contributed by atoms with van der Waals surface area (Å²) in [5, 5.41) is 0. The van der Waals surface area contributed by atoms with Gasteiger partial charge >= 0.3 is 6.03 Å². The minimum Gasteiger partial charge on any atom is -0.465 e. The van der Waals surface area contributed by atoms with Crippen LogP contribution in [0.25, 0.3) is 6.08 Å². The van der Waals surface area contributed by atoms with Crippen LogP contribution in [0.3, 0.4) is 0 Å². The Morgan fingerprint density at radius 2 is 1.80 bits per heavy atom. The molecule has 1 aromatic carbocycles. The number of rotatable bonds is 5. The molecular formula is C18H16N2O5. The molecule has 0 spiro atoms. The summed E-state index contributed by atoms with van der Waals surface area (Å²) in [4.78, 5) is 40.1. The highest BCUT2D eigenvalue weighted by Gasteiger charge is 2.42. The van der Waals surface area contributed by atoms with Crippen molar-refractivity contribution in [1.82, 2.24) is 4.90 Å². The summed E-state index contributed by atoms with van der Waals surface area (Å²) in [7, 11) is 1.47. The fourth-order valence-corrected chi connectivity index (χ4v) is 2.48. The molecule has 3 rings (SSSR count). The maximum Gasteiger partial charge on any atom is 0.338 e. The van der Waals surface area contributed by atoms with Crippen LogP contribution in [0.15, 0.2) is 58.7 Å². The SMILES string of the molecule is COCCN1C(=O)/C(=C/c2ccco2)C(=O)N(c2ccccc2)C1=O. The van der Waals surface area contributed by atoms with Crippen molar-refractivity contribution >= 4 is 29.6 Å². The molecular weight excluding hydrogens is 324 g/mol. The predicted octanol–water partition coefficient (Wildman–Crippen LogP) is 2.30. The summed E-state index contributed by atoms with van der Waals surface area (Å²) in [6, 6.07) is 11.0. The van der Waals surface area contributed by atoms with E-state index in [-0.39, 0.29) is 18.7 Å². The molecule has 0 unspecified atom stereocenters. The van der Waals surface area contributed by atoms with Crippen LogP contribution >= 0.6 is 0 Å². The molecule has 0 aliphatic carbocycles. The average Bonchev–Trinajstić information content (AvgIpc) is 3.13. The molecule has 2 heterocycles. The number of barbiturate groups is 1. The third-order valence-electron chi connectivity index (χ3n) is 3.69. The number of furan rings is 1. The Balaban J connectivity index is 2.05. The number of para-hydroxylation sites is 1. The molecule has 0 atom stereocenters. The van der Waals surface area contributed by atoms with Gasteiger partial charge in [0.05, 0.1) is 25.1 Å². The minimum absolute atomic E-state index is 0.0419. The summed E-state index contributed by atoms with van der Waals surface area (Å²) >= 11 is 0. The van der Waals surface area contributed by atoms with E-state index in [0.29, 0.717) is 11.4 Å². The van der Waals surface area contributed by atoms with Crippen LogP contribution in [0.1, 0.15) is 5.76 Å². The second-order valence-corrected chi connectivity index (χ2v) is 5.28. The van der Waals surface area contributed by atoms with E-state index in [0.717, 1.165) is 9.80 Å². The highest BCUT2D eigenvalue weighted by Crippen LogP contribution is 2.25. The van der Waals surface area contributed by atoms with Crippen LogP contribution < -0.4 is 4.90 Å². The molecule has 1 fully saturated rings.